The van der Waals surface area contributed by atoms with Crippen LogP contribution in [-0.2, 0) is 20.4 Å². The predicted octanol–water partition coefficient (Wildman–Crippen LogP) is -1.51. The maximum atomic E-state index is 2.16. The summed E-state index contributed by atoms with van der Waals surface area (Å²) in [5.41, 5.74) is 0. The molecule has 0 N–H and O–H groups in total. The maximum absolute atomic E-state index is 2.16. The van der Waals surface area contributed by atoms with E-state index in [0.29, 0.717) is 0 Å². The topological polar surface area (TPSA) is 0 Å². The van der Waals surface area contributed by atoms with Crippen molar-refractivity contribution in [3.63, 3.8) is 0 Å². The average molecular weight is 121 g/mol. The van der Waals surface area contributed by atoms with Gasteiger partial charge in [0.05, 0.1) is 0 Å². The second-order valence-corrected chi connectivity index (χ2v) is 2.33. The van der Waals surface area contributed by atoms with Gasteiger partial charge in [0.15, 0.2) is 0 Å². The monoisotopic (exact) mass is 121 g/mol. The SMILES string of the molecule is [H-].[Li+].[Ti][C]1=CC=CC1. The van der Waals surface area contributed by atoms with Crippen molar-refractivity contribution < 1.29 is 40.7 Å². The molecule has 0 aliphatic heterocycles. The van der Waals surface area contributed by atoms with Gasteiger partial charge in [0.1, 0.15) is 0 Å². The first-order chi connectivity index (χ1) is 2.89. The molecule has 0 bridgehead atoms. The molecule has 0 saturated carbocycles. The Morgan fingerprint density at radius 2 is 2.43 bits per heavy atom. The third-order valence-corrected chi connectivity index (χ3v) is 1.35. The van der Waals surface area contributed by atoms with Crippen molar-refractivity contribution in [2.75, 3.05) is 0 Å². The minimum absolute atomic E-state index is 0. The van der Waals surface area contributed by atoms with E-state index in [1.54, 1.807) is 0 Å². The Labute approximate surface area is 69.1 Å². The summed E-state index contributed by atoms with van der Waals surface area (Å²) >= 11 is 2.14. The van der Waals surface area contributed by atoms with Gasteiger partial charge in [-0.25, -0.2) is 0 Å². The molecule has 0 saturated heterocycles. The Morgan fingerprint density at radius 1 is 1.71 bits per heavy atom. The molecule has 0 atom stereocenters. The molecule has 0 heterocycles. The summed E-state index contributed by atoms with van der Waals surface area (Å²) in [4.78, 5) is 0. The van der Waals surface area contributed by atoms with Crippen LogP contribution in [0.15, 0.2) is 22.1 Å². The Morgan fingerprint density at radius 3 is 2.57 bits per heavy atom. The quantitative estimate of drug-likeness (QED) is 0.342. The van der Waals surface area contributed by atoms with Crippen molar-refractivity contribution in [2.24, 2.45) is 0 Å². The fraction of sp³-hybridized carbons (Fsp3) is 0.200. The van der Waals surface area contributed by atoms with Gasteiger partial charge in [-0.05, 0) is 0 Å². The van der Waals surface area contributed by atoms with Gasteiger partial charge in [-0.1, -0.05) is 0 Å². The van der Waals surface area contributed by atoms with Crippen molar-refractivity contribution in [2.45, 2.75) is 6.42 Å². The van der Waals surface area contributed by atoms with Crippen LogP contribution in [0.5, 0.6) is 0 Å². The summed E-state index contributed by atoms with van der Waals surface area (Å²) in [7, 11) is 0. The van der Waals surface area contributed by atoms with E-state index >= 15 is 0 Å². The second-order valence-electron chi connectivity index (χ2n) is 1.32. The van der Waals surface area contributed by atoms with Gasteiger partial charge in [-0.2, -0.15) is 0 Å². The zero-order chi connectivity index (χ0) is 4.41. The molecule has 0 aromatic heterocycles. The zero-order valence-electron chi connectivity index (χ0n) is 5.44. The Bertz CT molecular complexity index is 109. The summed E-state index contributed by atoms with van der Waals surface area (Å²) in [6.07, 6.45) is 7.56. The molecule has 1 aliphatic rings. The fourth-order valence-corrected chi connectivity index (χ4v) is 0.782. The Balaban J connectivity index is 0. The molecular weight excluding hydrogens is 115 g/mol. The molecule has 0 radical (unpaired) electrons. The van der Waals surface area contributed by atoms with Gasteiger partial charge in [0.2, 0.25) is 0 Å². The van der Waals surface area contributed by atoms with Crippen molar-refractivity contribution >= 4 is 0 Å². The van der Waals surface area contributed by atoms with E-state index in [0.717, 1.165) is 0 Å². The molecule has 0 unspecified atom stereocenters. The summed E-state index contributed by atoms with van der Waals surface area (Å²) < 4.78 is 1.47. The number of hydrogen-bond acceptors (Lipinski definition) is 0. The van der Waals surface area contributed by atoms with Crippen LogP contribution in [0.4, 0.5) is 0 Å². The Hall–Kier alpha value is 0.792. The summed E-state index contributed by atoms with van der Waals surface area (Å²) in [6, 6.07) is 0. The molecule has 1 aliphatic carbocycles. The van der Waals surface area contributed by atoms with Gasteiger partial charge in [-0.3, -0.25) is 0 Å². The van der Waals surface area contributed by atoms with Gasteiger partial charge in [0, 0.05) is 0 Å². The fourth-order valence-electron chi connectivity index (χ4n) is 0.447. The summed E-state index contributed by atoms with van der Waals surface area (Å²) in [5, 5.41) is 0. The van der Waals surface area contributed by atoms with Crippen molar-refractivity contribution in [3.05, 3.63) is 22.1 Å². The van der Waals surface area contributed by atoms with Crippen LogP contribution in [0.1, 0.15) is 7.85 Å². The molecule has 1 rings (SSSR count). The number of rotatable bonds is 0. The standard InChI is InChI=1S/C5H5.Li.Ti.H/c1-2-4-5-3-1;;;/h1-3H,4H2;;;/q;+1;;-1. The third kappa shape index (κ3) is 2.57. The van der Waals surface area contributed by atoms with E-state index < -0.39 is 0 Å². The minimum atomic E-state index is 0. The molecule has 0 aromatic carbocycles. The first-order valence-corrected chi connectivity index (χ1v) is 2.75. The molecule has 31 valence electrons. The predicted molar refractivity (Wildman–Crippen MR) is 23.0 cm³/mol. The Kier molecular flexibility index (Phi) is 4.18. The molecule has 0 fully saturated rings. The molecule has 7 heavy (non-hydrogen) atoms. The zero-order valence-corrected chi connectivity index (χ0v) is 6.00. The van der Waals surface area contributed by atoms with Gasteiger partial charge in [0.25, 0.3) is 0 Å². The normalized spacial score (nSPS) is 15.6. The van der Waals surface area contributed by atoms with E-state index in [1.165, 1.54) is 10.3 Å². The molecule has 0 spiro atoms. The van der Waals surface area contributed by atoms with Crippen molar-refractivity contribution in [1.82, 2.24) is 0 Å². The van der Waals surface area contributed by atoms with Gasteiger partial charge < -0.3 is 1.43 Å². The first kappa shape index (κ1) is 7.79. The number of allylic oxidation sites excluding steroid dienone is 4. The number of hydrogen-bond donors (Lipinski definition) is 0. The van der Waals surface area contributed by atoms with E-state index in [2.05, 4.69) is 38.7 Å². The van der Waals surface area contributed by atoms with Crippen LogP contribution in [0, 0.1) is 0 Å². The molecule has 2 heteroatoms. The van der Waals surface area contributed by atoms with Crippen LogP contribution >= 0.6 is 0 Å². The van der Waals surface area contributed by atoms with Crippen molar-refractivity contribution in [3.8, 4) is 0 Å². The van der Waals surface area contributed by atoms with Crippen LogP contribution in [0.2, 0.25) is 0 Å². The summed E-state index contributed by atoms with van der Waals surface area (Å²) in [5.74, 6) is 0. The van der Waals surface area contributed by atoms with Crippen LogP contribution in [-0.4, -0.2) is 0 Å². The van der Waals surface area contributed by atoms with Crippen LogP contribution < -0.4 is 18.9 Å². The van der Waals surface area contributed by atoms with Gasteiger partial charge in [-0.15, -0.1) is 0 Å². The average Bonchev–Trinajstić information content (AvgIpc) is 1.86. The molecule has 0 amide bonds. The molecule has 0 nitrogen and oxygen atoms in total. The summed E-state index contributed by atoms with van der Waals surface area (Å²) in [6.45, 7) is 0. The van der Waals surface area contributed by atoms with Gasteiger partial charge >= 0.3 is 67.8 Å². The third-order valence-electron chi connectivity index (χ3n) is 0.771. The van der Waals surface area contributed by atoms with Crippen molar-refractivity contribution in [1.29, 1.82) is 0 Å². The second kappa shape index (κ2) is 3.75. The first-order valence-electron chi connectivity index (χ1n) is 1.97. The van der Waals surface area contributed by atoms with Crippen LogP contribution in [0.3, 0.4) is 0 Å². The molecule has 0 aromatic rings. The van der Waals surface area contributed by atoms with E-state index in [9.17, 15) is 0 Å². The van der Waals surface area contributed by atoms with E-state index in [4.69, 9.17) is 0 Å². The van der Waals surface area contributed by atoms with E-state index in [1.807, 2.05) is 0 Å². The van der Waals surface area contributed by atoms with Crippen LogP contribution in [0.25, 0.3) is 0 Å². The van der Waals surface area contributed by atoms with E-state index in [-0.39, 0.29) is 20.3 Å². The molecular formula is C5H6LiTi.